The Bertz CT molecular complexity index is 1190. The maximum Gasteiger partial charge on any atom is 0.185 e. The highest BCUT2D eigenvalue weighted by Crippen LogP contribution is 2.34. The van der Waals surface area contributed by atoms with E-state index >= 15 is 0 Å². The zero-order valence-corrected chi connectivity index (χ0v) is 30.3. The molecule has 0 spiro atoms. The van der Waals surface area contributed by atoms with Crippen molar-refractivity contribution in [3.05, 3.63) is 58.7 Å². The van der Waals surface area contributed by atoms with Gasteiger partial charge in [-0.05, 0) is 92.5 Å². The topological polar surface area (TPSA) is 94.5 Å². The van der Waals surface area contributed by atoms with Crippen LogP contribution in [-0.2, 0) is 4.79 Å². The second kappa shape index (κ2) is 24.8. The number of hydrogen-bond donors (Lipinski definition) is 2. The summed E-state index contributed by atoms with van der Waals surface area (Å²) in [6.45, 7) is 1.91. The Hall–Kier alpha value is -3.29. The van der Waals surface area contributed by atoms with Gasteiger partial charge in [0.1, 0.15) is 0 Å². The molecule has 7 heteroatoms. The molecule has 0 radical (unpaired) electrons. The number of aliphatic hydroxyl groups is 2. The number of rotatable bonds is 26. The van der Waals surface area contributed by atoms with Crippen LogP contribution in [0.5, 0.6) is 23.0 Å². The molecule has 3 rings (SSSR count). The van der Waals surface area contributed by atoms with E-state index in [0.29, 0.717) is 37.9 Å². The number of hydrogen-bond acceptors (Lipinski definition) is 7. The minimum absolute atomic E-state index is 0.0895. The molecule has 0 bridgehead atoms. The van der Waals surface area contributed by atoms with Crippen molar-refractivity contribution in [2.24, 2.45) is 0 Å². The van der Waals surface area contributed by atoms with Gasteiger partial charge in [-0.1, -0.05) is 89.2 Å². The van der Waals surface area contributed by atoms with Crippen LogP contribution in [0.1, 0.15) is 133 Å². The highest BCUT2D eigenvalue weighted by atomic mass is 16.5. The molecule has 0 heterocycles. The Morgan fingerprint density at radius 2 is 0.898 bits per heavy atom. The highest BCUT2D eigenvalue weighted by Gasteiger charge is 2.21. The van der Waals surface area contributed by atoms with Gasteiger partial charge in [-0.3, -0.25) is 4.79 Å². The molecule has 7 nitrogen and oxygen atoms in total. The summed E-state index contributed by atoms with van der Waals surface area (Å²) in [5, 5.41) is 17.7. The molecule has 0 unspecified atom stereocenters. The summed E-state index contributed by atoms with van der Waals surface area (Å²) in [6.07, 6.45) is 24.5. The van der Waals surface area contributed by atoms with E-state index in [0.717, 1.165) is 104 Å². The number of aliphatic hydroxyl groups excluding tert-OH is 2. The quantitative estimate of drug-likeness (QED) is 0.0756. The van der Waals surface area contributed by atoms with Crippen molar-refractivity contribution in [3.8, 4) is 23.0 Å². The Labute approximate surface area is 295 Å². The Kier molecular flexibility index (Phi) is 20.3. The number of benzene rings is 2. The Balaban J connectivity index is 1.49. The van der Waals surface area contributed by atoms with Crippen LogP contribution in [0, 0.1) is 0 Å². The molecule has 0 atom stereocenters. The number of methoxy groups -OCH3 is 2. The van der Waals surface area contributed by atoms with E-state index in [2.05, 4.69) is 0 Å². The van der Waals surface area contributed by atoms with Crippen LogP contribution in [0.15, 0.2) is 47.5 Å². The largest absolute Gasteiger partial charge is 0.493 e. The number of allylic oxidation sites excluding steroid dienone is 2. The van der Waals surface area contributed by atoms with E-state index in [1.807, 2.05) is 48.6 Å². The van der Waals surface area contributed by atoms with Gasteiger partial charge in [0.25, 0.3) is 0 Å². The van der Waals surface area contributed by atoms with Crippen molar-refractivity contribution >= 4 is 17.9 Å². The first kappa shape index (κ1) is 40.1. The van der Waals surface area contributed by atoms with Gasteiger partial charge >= 0.3 is 0 Å². The van der Waals surface area contributed by atoms with Gasteiger partial charge in [0.15, 0.2) is 28.8 Å². The maximum atomic E-state index is 13.5. The van der Waals surface area contributed by atoms with E-state index in [4.69, 9.17) is 29.2 Å². The number of unbranched alkanes of at least 4 members (excludes halogenated alkanes) is 14. The standard InChI is InChI=1S/C42H62O7/c1-46-40-32-34(22-24-38(40)48-28-17-13-9-5-3-7-11-15-26-43)30-36-20-19-21-37(42(36)45)31-35-23-25-39(41(33-35)47-2)49-29-18-14-10-6-4-8-12-16-27-44/h22-25,30-33,43-44H,3-21,26-29H2,1-2H3/b36-30+,37-31+. The first-order valence-corrected chi connectivity index (χ1v) is 18.9. The van der Waals surface area contributed by atoms with E-state index < -0.39 is 0 Å². The third kappa shape index (κ3) is 15.4. The molecule has 0 aliphatic heterocycles. The fraction of sp³-hybridized carbons (Fsp3) is 0.595. The molecule has 49 heavy (non-hydrogen) atoms. The molecular formula is C42H62O7. The SMILES string of the molecule is COc1cc(/C=C2\CCC/C(=C\c3ccc(OCCCCCCCCCCO)c(OC)c3)C2=O)ccc1OCCCCCCCCCCO. The van der Waals surface area contributed by atoms with Crippen molar-refractivity contribution in [2.75, 3.05) is 40.6 Å². The van der Waals surface area contributed by atoms with Crippen LogP contribution in [0.2, 0.25) is 0 Å². The van der Waals surface area contributed by atoms with E-state index in [1.165, 1.54) is 51.4 Å². The predicted octanol–water partition coefficient (Wildman–Crippen LogP) is 9.91. The van der Waals surface area contributed by atoms with Crippen LogP contribution in [-0.4, -0.2) is 56.6 Å². The molecule has 1 aliphatic rings. The fourth-order valence-corrected chi connectivity index (χ4v) is 6.28. The van der Waals surface area contributed by atoms with Gasteiger partial charge in [0, 0.05) is 24.4 Å². The zero-order valence-electron chi connectivity index (χ0n) is 30.3. The monoisotopic (exact) mass is 678 g/mol. The highest BCUT2D eigenvalue weighted by molar-refractivity contribution is 6.14. The molecule has 2 aromatic carbocycles. The molecule has 272 valence electrons. The van der Waals surface area contributed by atoms with Crippen molar-refractivity contribution in [1.82, 2.24) is 0 Å². The minimum atomic E-state index is 0.0895. The average molecular weight is 679 g/mol. The molecule has 0 saturated heterocycles. The van der Waals surface area contributed by atoms with E-state index in [-0.39, 0.29) is 5.78 Å². The minimum Gasteiger partial charge on any atom is -0.493 e. The number of carbonyl (C=O) groups is 1. The summed E-state index contributed by atoms with van der Waals surface area (Å²) in [5.74, 6) is 2.90. The molecule has 0 aromatic heterocycles. The summed E-state index contributed by atoms with van der Waals surface area (Å²) in [4.78, 5) is 13.5. The number of ether oxygens (including phenoxy) is 4. The summed E-state index contributed by atoms with van der Waals surface area (Å²) in [5.41, 5.74) is 3.47. The molecule has 2 aromatic rings. The molecule has 2 N–H and O–H groups in total. The predicted molar refractivity (Wildman–Crippen MR) is 200 cm³/mol. The fourth-order valence-electron chi connectivity index (χ4n) is 6.28. The van der Waals surface area contributed by atoms with E-state index in [9.17, 15) is 4.79 Å². The zero-order chi connectivity index (χ0) is 34.9. The van der Waals surface area contributed by atoms with Gasteiger partial charge in [0.05, 0.1) is 27.4 Å². The molecule has 1 aliphatic carbocycles. The van der Waals surface area contributed by atoms with Crippen LogP contribution in [0.3, 0.4) is 0 Å². The number of ketones is 1. The van der Waals surface area contributed by atoms with Crippen molar-refractivity contribution in [2.45, 2.75) is 122 Å². The smallest absolute Gasteiger partial charge is 0.185 e. The lowest BCUT2D eigenvalue weighted by Gasteiger charge is -2.17. The first-order chi connectivity index (χ1) is 24.1. The summed E-state index contributed by atoms with van der Waals surface area (Å²) in [6, 6.07) is 11.8. The van der Waals surface area contributed by atoms with E-state index in [1.54, 1.807) is 14.2 Å². The van der Waals surface area contributed by atoms with Crippen molar-refractivity contribution in [1.29, 1.82) is 0 Å². The second-order valence-corrected chi connectivity index (χ2v) is 13.1. The van der Waals surface area contributed by atoms with Crippen LogP contribution in [0.4, 0.5) is 0 Å². The average Bonchev–Trinajstić information content (AvgIpc) is 3.12. The van der Waals surface area contributed by atoms with Crippen molar-refractivity contribution < 1.29 is 34.0 Å². The first-order valence-electron chi connectivity index (χ1n) is 18.9. The van der Waals surface area contributed by atoms with Gasteiger partial charge in [-0.15, -0.1) is 0 Å². The lowest BCUT2D eigenvalue weighted by molar-refractivity contribution is -0.112. The lowest BCUT2D eigenvalue weighted by atomic mass is 9.87. The molecule has 1 fully saturated rings. The third-order valence-corrected chi connectivity index (χ3v) is 9.15. The van der Waals surface area contributed by atoms with Crippen LogP contribution >= 0.6 is 0 Å². The van der Waals surface area contributed by atoms with Gasteiger partial charge in [-0.2, -0.15) is 0 Å². The Morgan fingerprint density at radius 3 is 1.27 bits per heavy atom. The molecule has 1 saturated carbocycles. The van der Waals surface area contributed by atoms with Gasteiger partial charge < -0.3 is 29.2 Å². The maximum absolute atomic E-state index is 13.5. The second-order valence-electron chi connectivity index (χ2n) is 13.1. The summed E-state index contributed by atoms with van der Waals surface area (Å²) < 4.78 is 23.4. The summed E-state index contributed by atoms with van der Waals surface area (Å²) >= 11 is 0. The number of Topliss-reactive ketones (excluding diaryl/α,β-unsaturated/α-hetero) is 1. The van der Waals surface area contributed by atoms with Crippen LogP contribution in [0.25, 0.3) is 12.2 Å². The Morgan fingerprint density at radius 1 is 0.531 bits per heavy atom. The summed E-state index contributed by atoms with van der Waals surface area (Å²) in [7, 11) is 3.30. The molecule has 0 amide bonds. The van der Waals surface area contributed by atoms with Crippen molar-refractivity contribution in [3.63, 3.8) is 0 Å². The van der Waals surface area contributed by atoms with Gasteiger partial charge in [-0.25, -0.2) is 0 Å². The third-order valence-electron chi connectivity index (χ3n) is 9.15. The number of carbonyl (C=O) groups excluding carboxylic acids is 1. The van der Waals surface area contributed by atoms with Crippen LogP contribution < -0.4 is 18.9 Å². The van der Waals surface area contributed by atoms with Gasteiger partial charge in [0.2, 0.25) is 0 Å². The lowest BCUT2D eigenvalue weighted by Crippen LogP contribution is -2.12. The molecular weight excluding hydrogens is 616 g/mol. The normalized spacial score (nSPS) is 14.8.